The monoisotopic (exact) mass is 264 g/mol. The third-order valence-corrected chi connectivity index (χ3v) is 3.39. The summed E-state index contributed by atoms with van der Waals surface area (Å²) in [6.07, 6.45) is 0.487. The van der Waals surface area contributed by atoms with E-state index in [0.717, 1.165) is 5.56 Å². The number of carbonyl (C=O) groups is 2. The molecule has 1 aromatic rings. The molecule has 2 amide bonds. The van der Waals surface area contributed by atoms with Gasteiger partial charge in [0.1, 0.15) is 17.9 Å². The first-order valence-corrected chi connectivity index (χ1v) is 6.35. The van der Waals surface area contributed by atoms with Crippen LogP contribution in [0.1, 0.15) is 25.8 Å². The fourth-order valence-corrected chi connectivity index (χ4v) is 2.24. The minimum Gasteiger partial charge on any atom is -0.343 e. The number of aryl methyl sites for hydroxylation is 1. The van der Waals surface area contributed by atoms with Gasteiger partial charge in [0.05, 0.1) is 5.69 Å². The molecule has 0 radical (unpaired) electrons. The van der Waals surface area contributed by atoms with Crippen molar-refractivity contribution in [3.05, 3.63) is 29.6 Å². The van der Waals surface area contributed by atoms with Crippen molar-refractivity contribution in [1.82, 2.24) is 5.32 Å². The van der Waals surface area contributed by atoms with Gasteiger partial charge in [0.15, 0.2) is 0 Å². The van der Waals surface area contributed by atoms with E-state index in [0.29, 0.717) is 6.42 Å². The number of benzene rings is 1. The van der Waals surface area contributed by atoms with Gasteiger partial charge >= 0.3 is 0 Å². The zero-order valence-electron chi connectivity index (χ0n) is 11.2. The summed E-state index contributed by atoms with van der Waals surface area (Å²) in [7, 11) is 0. The normalized spacial score (nSPS) is 23.5. The number of hydrogen-bond donors (Lipinski definition) is 1. The number of carbonyl (C=O) groups excluding carboxylic acids is 2. The highest BCUT2D eigenvalue weighted by Gasteiger charge is 2.38. The highest BCUT2D eigenvalue weighted by molar-refractivity contribution is 6.08. The van der Waals surface area contributed by atoms with E-state index in [9.17, 15) is 14.0 Å². The molecule has 1 aliphatic heterocycles. The zero-order valence-corrected chi connectivity index (χ0v) is 11.2. The standard InChI is InChI=1S/C14H17FN2O2/c1-4-11-14(19)17(9(3)13(18)16-11)12-6-5-8(2)7-10(12)15/h5-7,9,11H,4H2,1-3H3,(H,16,18). The lowest BCUT2D eigenvalue weighted by Crippen LogP contribution is -2.62. The molecule has 2 unspecified atom stereocenters. The summed E-state index contributed by atoms with van der Waals surface area (Å²) < 4.78 is 14.0. The van der Waals surface area contributed by atoms with Crippen molar-refractivity contribution in [2.45, 2.75) is 39.3 Å². The molecule has 0 spiro atoms. The fraction of sp³-hybridized carbons (Fsp3) is 0.429. The van der Waals surface area contributed by atoms with E-state index in [4.69, 9.17) is 0 Å². The van der Waals surface area contributed by atoms with Crippen molar-refractivity contribution >= 4 is 17.5 Å². The van der Waals surface area contributed by atoms with Crippen LogP contribution in [-0.4, -0.2) is 23.9 Å². The first-order chi connectivity index (χ1) is 8.95. The Morgan fingerprint density at radius 3 is 2.63 bits per heavy atom. The van der Waals surface area contributed by atoms with Crippen molar-refractivity contribution in [1.29, 1.82) is 0 Å². The van der Waals surface area contributed by atoms with Gasteiger partial charge in [-0.25, -0.2) is 4.39 Å². The van der Waals surface area contributed by atoms with E-state index >= 15 is 0 Å². The number of anilines is 1. The van der Waals surface area contributed by atoms with E-state index < -0.39 is 17.9 Å². The van der Waals surface area contributed by atoms with Crippen molar-refractivity contribution < 1.29 is 14.0 Å². The van der Waals surface area contributed by atoms with Crippen molar-refractivity contribution in [2.75, 3.05) is 4.90 Å². The number of nitrogens with one attached hydrogen (secondary N) is 1. The minimum atomic E-state index is -0.701. The Bertz CT molecular complexity index is 530. The predicted octanol–water partition coefficient (Wildman–Crippen LogP) is 1.76. The topological polar surface area (TPSA) is 49.4 Å². The van der Waals surface area contributed by atoms with Gasteiger partial charge < -0.3 is 5.32 Å². The molecular weight excluding hydrogens is 247 g/mol. The van der Waals surface area contributed by atoms with E-state index in [2.05, 4.69) is 5.32 Å². The molecule has 1 saturated heterocycles. The van der Waals surface area contributed by atoms with Crippen LogP contribution in [0.3, 0.4) is 0 Å². The molecule has 5 heteroatoms. The molecule has 2 atom stereocenters. The first kappa shape index (κ1) is 13.5. The number of amides is 2. The third-order valence-electron chi connectivity index (χ3n) is 3.39. The van der Waals surface area contributed by atoms with E-state index in [-0.39, 0.29) is 17.5 Å². The van der Waals surface area contributed by atoms with Crippen LogP contribution in [-0.2, 0) is 9.59 Å². The van der Waals surface area contributed by atoms with E-state index in [1.807, 2.05) is 6.92 Å². The Labute approximate surface area is 111 Å². The number of halogens is 1. The second kappa shape index (κ2) is 4.99. The molecule has 102 valence electrons. The lowest BCUT2D eigenvalue weighted by Gasteiger charge is -2.37. The molecule has 0 aromatic heterocycles. The molecule has 4 nitrogen and oxygen atoms in total. The summed E-state index contributed by atoms with van der Waals surface area (Å²) in [5.41, 5.74) is 0.936. The van der Waals surface area contributed by atoms with Crippen molar-refractivity contribution in [3.63, 3.8) is 0 Å². The number of nitrogens with zero attached hydrogens (tertiary/aromatic N) is 1. The molecule has 2 rings (SSSR count). The van der Waals surface area contributed by atoms with Gasteiger partial charge in [-0.3, -0.25) is 14.5 Å². The van der Waals surface area contributed by atoms with Crippen LogP contribution in [0.2, 0.25) is 0 Å². The largest absolute Gasteiger partial charge is 0.343 e. The smallest absolute Gasteiger partial charge is 0.250 e. The summed E-state index contributed by atoms with van der Waals surface area (Å²) in [5.74, 6) is -1.01. The van der Waals surface area contributed by atoms with Gasteiger partial charge in [-0.05, 0) is 38.0 Å². The van der Waals surface area contributed by atoms with Crippen molar-refractivity contribution in [3.8, 4) is 0 Å². The molecule has 0 saturated carbocycles. The Hall–Kier alpha value is -1.91. The second-order valence-corrected chi connectivity index (χ2v) is 4.81. The predicted molar refractivity (Wildman–Crippen MR) is 70.3 cm³/mol. The maximum Gasteiger partial charge on any atom is 0.250 e. The van der Waals surface area contributed by atoms with E-state index in [1.165, 1.54) is 11.0 Å². The van der Waals surface area contributed by atoms with Crippen LogP contribution in [0.4, 0.5) is 10.1 Å². The summed E-state index contributed by atoms with van der Waals surface area (Å²) in [4.78, 5) is 25.4. The molecule has 0 bridgehead atoms. The van der Waals surface area contributed by atoms with Crippen LogP contribution in [0.25, 0.3) is 0 Å². The second-order valence-electron chi connectivity index (χ2n) is 4.81. The highest BCUT2D eigenvalue weighted by Crippen LogP contribution is 2.25. The van der Waals surface area contributed by atoms with E-state index in [1.54, 1.807) is 26.0 Å². The minimum absolute atomic E-state index is 0.163. The molecular formula is C14H17FN2O2. The zero-order chi connectivity index (χ0) is 14.2. The van der Waals surface area contributed by atoms with Crippen molar-refractivity contribution in [2.24, 2.45) is 0 Å². The molecule has 1 aliphatic rings. The molecule has 19 heavy (non-hydrogen) atoms. The summed E-state index contributed by atoms with van der Waals surface area (Å²) in [6.45, 7) is 5.18. The molecule has 0 aliphatic carbocycles. The van der Waals surface area contributed by atoms with Gasteiger partial charge in [-0.2, -0.15) is 0 Å². The van der Waals surface area contributed by atoms with Crippen LogP contribution in [0.15, 0.2) is 18.2 Å². The summed E-state index contributed by atoms with van der Waals surface area (Å²) >= 11 is 0. The quantitative estimate of drug-likeness (QED) is 0.885. The fourth-order valence-electron chi connectivity index (χ4n) is 2.24. The molecule has 1 N–H and O–H groups in total. The van der Waals surface area contributed by atoms with Gasteiger partial charge in [-0.1, -0.05) is 13.0 Å². The van der Waals surface area contributed by atoms with Crippen LogP contribution < -0.4 is 10.2 Å². The summed E-state index contributed by atoms with van der Waals surface area (Å²) in [5, 5.41) is 2.64. The average molecular weight is 264 g/mol. The lowest BCUT2D eigenvalue weighted by molar-refractivity contribution is -0.133. The molecule has 1 heterocycles. The first-order valence-electron chi connectivity index (χ1n) is 6.35. The lowest BCUT2D eigenvalue weighted by atomic mass is 10.0. The molecule has 1 fully saturated rings. The van der Waals surface area contributed by atoms with Crippen LogP contribution >= 0.6 is 0 Å². The Morgan fingerprint density at radius 1 is 1.37 bits per heavy atom. The average Bonchev–Trinajstić information content (AvgIpc) is 2.36. The van der Waals surface area contributed by atoms with Gasteiger partial charge in [0.25, 0.3) is 0 Å². The van der Waals surface area contributed by atoms with Gasteiger partial charge in [-0.15, -0.1) is 0 Å². The number of rotatable bonds is 2. The Balaban J connectivity index is 2.45. The SMILES string of the molecule is CCC1NC(=O)C(C)N(c2ccc(C)cc2F)C1=O. The Kier molecular flexibility index (Phi) is 3.55. The molecule has 1 aromatic carbocycles. The van der Waals surface area contributed by atoms with Gasteiger partial charge in [0.2, 0.25) is 11.8 Å². The van der Waals surface area contributed by atoms with Crippen LogP contribution in [0, 0.1) is 12.7 Å². The maximum absolute atomic E-state index is 14.0. The maximum atomic E-state index is 14.0. The number of piperazine rings is 1. The van der Waals surface area contributed by atoms with Crippen LogP contribution in [0.5, 0.6) is 0 Å². The Morgan fingerprint density at radius 2 is 2.05 bits per heavy atom. The number of hydrogen-bond acceptors (Lipinski definition) is 2. The highest BCUT2D eigenvalue weighted by atomic mass is 19.1. The van der Waals surface area contributed by atoms with Gasteiger partial charge in [0, 0.05) is 0 Å². The third kappa shape index (κ3) is 2.32. The summed E-state index contributed by atoms with van der Waals surface area (Å²) in [6, 6.07) is 3.36.